The van der Waals surface area contributed by atoms with Gasteiger partial charge in [0.2, 0.25) is 10.0 Å². The van der Waals surface area contributed by atoms with Crippen molar-refractivity contribution in [2.75, 3.05) is 38.2 Å². The summed E-state index contributed by atoms with van der Waals surface area (Å²) in [4.78, 5) is 6.33. The van der Waals surface area contributed by atoms with Crippen molar-refractivity contribution in [3.63, 3.8) is 0 Å². The molecule has 2 aromatic carbocycles. The Morgan fingerprint density at radius 3 is 2.44 bits per heavy atom. The van der Waals surface area contributed by atoms with Crippen LogP contribution in [0, 0.1) is 5.82 Å². The van der Waals surface area contributed by atoms with Gasteiger partial charge in [-0.05, 0) is 30.3 Å². The molecule has 2 heterocycles. The monoisotopic (exact) mass is 460 g/mol. The van der Waals surface area contributed by atoms with Crippen LogP contribution in [0.4, 0.5) is 10.1 Å². The van der Waals surface area contributed by atoms with E-state index in [1.807, 2.05) is 18.7 Å². The third-order valence-electron chi connectivity index (χ3n) is 5.43. The second kappa shape index (κ2) is 8.87. The standard InChI is InChI=1S/C22H25FN4O4S/c1-15(2)21-24-22(31-25-21)17-14-16(8-9-20(17)30-3)32(28,29)27-12-10-26(11-13-27)19-7-5-4-6-18(19)23/h4-9,14-15H,10-13H2,1-3H3. The van der Waals surface area contributed by atoms with Gasteiger partial charge in [-0.3, -0.25) is 0 Å². The van der Waals surface area contributed by atoms with Crippen molar-refractivity contribution < 1.29 is 22.1 Å². The fourth-order valence-corrected chi connectivity index (χ4v) is 5.07. The SMILES string of the molecule is COc1ccc(S(=O)(=O)N2CCN(c3ccccc3F)CC2)cc1-c1nc(C(C)C)no1. The fraction of sp³-hybridized carbons (Fsp3) is 0.364. The van der Waals surface area contributed by atoms with Crippen molar-refractivity contribution in [2.45, 2.75) is 24.7 Å². The van der Waals surface area contributed by atoms with Gasteiger partial charge in [0, 0.05) is 32.1 Å². The summed E-state index contributed by atoms with van der Waals surface area (Å²) in [6.45, 7) is 5.16. The Kier molecular flexibility index (Phi) is 6.16. The van der Waals surface area contributed by atoms with Crippen LogP contribution in [0.3, 0.4) is 0 Å². The summed E-state index contributed by atoms with van der Waals surface area (Å²) in [5.41, 5.74) is 0.895. The van der Waals surface area contributed by atoms with Crippen molar-refractivity contribution in [1.82, 2.24) is 14.4 Å². The number of sulfonamides is 1. The summed E-state index contributed by atoms with van der Waals surface area (Å²) in [5, 5.41) is 3.96. The minimum Gasteiger partial charge on any atom is -0.496 e. The Bertz CT molecular complexity index is 1200. The lowest BCUT2D eigenvalue weighted by atomic mass is 10.2. The average molecular weight is 461 g/mol. The highest BCUT2D eigenvalue weighted by molar-refractivity contribution is 7.89. The number of aromatic nitrogens is 2. The number of hydrogen-bond acceptors (Lipinski definition) is 7. The molecule has 8 nitrogen and oxygen atoms in total. The van der Waals surface area contributed by atoms with Crippen LogP contribution in [0.15, 0.2) is 51.9 Å². The molecular weight excluding hydrogens is 435 g/mol. The molecule has 0 unspecified atom stereocenters. The number of anilines is 1. The second-order valence-corrected chi connectivity index (χ2v) is 9.75. The molecule has 1 aliphatic heterocycles. The Labute approximate surface area is 186 Å². The molecule has 0 atom stereocenters. The Balaban J connectivity index is 1.58. The molecule has 1 saturated heterocycles. The van der Waals surface area contributed by atoms with Gasteiger partial charge in [0.05, 0.1) is 23.3 Å². The molecule has 170 valence electrons. The van der Waals surface area contributed by atoms with E-state index in [-0.39, 0.29) is 35.6 Å². The molecule has 0 saturated carbocycles. The van der Waals surface area contributed by atoms with E-state index in [4.69, 9.17) is 9.26 Å². The van der Waals surface area contributed by atoms with E-state index in [2.05, 4.69) is 10.1 Å². The predicted octanol–water partition coefficient (Wildman–Crippen LogP) is 3.52. The average Bonchev–Trinajstić information content (AvgIpc) is 3.30. The van der Waals surface area contributed by atoms with Gasteiger partial charge in [-0.15, -0.1) is 0 Å². The number of para-hydroxylation sites is 1. The number of nitrogens with zero attached hydrogens (tertiary/aromatic N) is 4. The third-order valence-corrected chi connectivity index (χ3v) is 7.32. The van der Waals surface area contributed by atoms with Gasteiger partial charge in [0.25, 0.3) is 5.89 Å². The van der Waals surface area contributed by atoms with Crippen molar-refractivity contribution >= 4 is 15.7 Å². The van der Waals surface area contributed by atoms with Crippen LogP contribution in [0.5, 0.6) is 5.75 Å². The van der Waals surface area contributed by atoms with Crippen LogP contribution in [-0.2, 0) is 10.0 Å². The summed E-state index contributed by atoms with van der Waals surface area (Å²) >= 11 is 0. The van der Waals surface area contributed by atoms with E-state index in [0.717, 1.165) is 0 Å². The minimum absolute atomic E-state index is 0.0659. The fourth-order valence-electron chi connectivity index (χ4n) is 3.62. The molecule has 0 amide bonds. The molecule has 32 heavy (non-hydrogen) atoms. The van der Waals surface area contributed by atoms with E-state index in [1.54, 1.807) is 24.3 Å². The number of piperazine rings is 1. The van der Waals surface area contributed by atoms with Gasteiger partial charge in [0.15, 0.2) is 5.82 Å². The molecule has 1 fully saturated rings. The van der Waals surface area contributed by atoms with Crippen LogP contribution < -0.4 is 9.64 Å². The molecule has 0 aliphatic carbocycles. The number of hydrogen-bond donors (Lipinski definition) is 0. The molecule has 0 spiro atoms. The van der Waals surface area contributed by atoms with E-state index in [9.17, 15) is 12.8 Å². The topological polar surface area (TPSA) is 88.8 Å². The third kappa shape index (κ3) is 4.20. The molecule has 10 heteroatoms. The normalized spacial score (nSPS) is 15.3. The highest BCUT2D eigenvalue weighted by atomic mass is 32.2. The predicted molar refractivity (Wildman–Crippen MR) is 118 cm³/mol. The van der Waals surface area contributed by atoms with Gasteiger partial charge in [-0.1, -0.05) is 31.1 Å². The Morgan fingerprint density at radius 2 is 1.81 bits per heavy atom. The van der Waals surface area contributed by atoms with Crippen molar-refractivity contribution in [3.05, 3.63) is 54.1 Å². The summed E-state index contributed by atoms with van der Waals surface area (Å²) < 4.78 is 52.9. The van der Waals surface area contributed by atoms with Gasteiger partial charge in [0.1, 0.15) is 11.6 Å². The molecular formula is C22H25FN4O4S. The molecule has 3 aromatic rings. The highest BCUT2D eigenvalue weighted by Crippen LogP contribution is 2.33. The number of rotatable bonds is 6. The summed E-state index contributed by atoms with van der Waals surface area (Å²) in [5.74, 6) is 0.916. The van der Waals surface area contributed by atoms with E-state index < -0.39 is 10.0 Å². The number of halogens is 1. The maximum Gasteiger partial charge on any atom is 0.261 e. The number of ether oxygens (including phenoxy) is 1. The summed E-state index contributed by atoms with van der Waals surface area (Å²) in [6.07, 6.45) is 0. The zero-order valence-electron chi connectivity index (χ0n) is 18.2. The first-order valence-electron chi connectivity index (χ1n) is 10.3. The van der Waals surface area contributed by atoms with Crippen LogP contribution in [0.1, 0.15) is 25.6 Å². The Morgan fingerprint density at radius 1 is 1.09 bits per heavy atom. The first-order chi connectivity index (χ1) is 15.3. The maximum atomic E-state index is 14.1. The van der Waals surface area contributed by atoms with E-state index in [1.165, 1.54) is 29.6 Å². The van der Waals surface area contributed by atoms with Crippen LogP contribution >= 0.6 is 0 Å². The van der Waals surface area contributed by atoms with Crippen LogP contribution in [-0.4, -0.2) is 56.2 Å². The minimum atomic E-state index is -3.78. The van der Waals surface area contributed by atoms with Crippen molar-refractivity contribution in [3.8, 4) is 17.2 Å². The first-order valence-corrected chi connectivity index (χ1v) is 11.8. The zero-order valence-corrected chi connectivity index (χ0v) is 19.0. The van der Waals surface area contributed by atoms with Gasteiger partial charge < -0.3 is 14.2 Å². The van der Waals surface area contributed by atoms with Crippen LogP contribution in [0.2, 0.25) is 0 Å². The summed E-state index contributed by atoms with van der Waals surface area (Å²) in [6, 6.07) is 11.1. The maximum absolute atomic E-state index is 14.1. The lowest BCUT2D eigenvalue weighted by Gasteiger charge is -2.35. The van der Waals surface area contributed by atoms with E-state index >= 15 is 0 Å². The molecule has 4 rings (SSSR count). The molecule has 0 N–H and O–H groups in total. The smallest absolute Gasteiger partial charge is 0.261 e. The zero-order chi connectivity index (χ0) is 22.9. The quantitative estimate of drug-likeness (QED) is 0.556. The molecule has 1 aliphatic rings. The first kappa shape index (κ1) is 22.2. The lowest BCUT2D eigenvalue weighted by Crippen LogP contribution is -2.48. The molecule has 1 aromatic heterocycles. The van der Waals surface area contributed by atoms with Gasteiger partial charge in [-0.2, -0.15) is 9.29 Å². The van der Waals surface area contributed by atoms with Gasteiger partial charge in [-0.25, -0.2) is 12.8 Å². The van der Waals surface area contributed by atoms with Gasteiger partial charge >= 0.3 is 0 Å². The summed E-state index contributed by atoms with van der Waals surface area (Å²) in [7, 11) is -2.28. The lowest BCUT2D eigenvalue weighted by molar-refractivity contribution is 0.382. The highest BCUT2D eigenvalue weighted by Gasteiger charge is 2.30. The van der Waals surface area contributed by atoms with Crippen LogP contribution in [0.25, 0.3) is 11.5 Å². The number of benzene rings is 2. The van der Waals surface area contributed by atoms with Crippen molar-refractivity contribution in [1.29, 1.82) is 0 Å². The largest absolute Gasteiger partial charge is 0.496 e. The van der Waals surface area contributed by atoms with E-state index in [0.29, 0.717) is 35.9 Å². The molecule has 0 radical (unpaired) electrons. The number of methoxy groups -OCH3 is 1. The Hall–Kier alpha value is -2.98. The molecule has 0 bridgehead atoms. The van der Waals surface area contributed by atoms with Crippen molar-refractivity contribution in [2.24, 2.45) is 0 Å². The second-order valence-electron chi connectivity index (χ2n) is 7.82.